The number of nitriles is 1. The molecule has 11 heteroatoms. The summed E-state index contributed by atoms with van der Waals surface area (Å²) in [5.74, 6) is -1.31. The van der Waals surface area contributed by atoms with Crippen molar-refractivity contribution in [1.82, 2.24) is 25.8 Å². The van der Waals surface area contributed by atoms with Crippen LogP contribution in [0.15, 0.2) is 29.8 Å². The van der Waals surface area contributed by atoms with Crippen LogP contribution in [0, 0.1) is 29.1 Å². The van der Waals surface area contributed by atoms with Crippen LogP contribution in [0.5, 0.6) is 0 Å². The van der Waals surface area contributed by atoms with Gasteiger partial charge in [-0.25, -0.2) is 4.98 Å². The molecule has 10 nitrogen and oxygen atoms in total. The van der Waals surface area contributed by atoms with Crippen LogP contribution in [0.2, 0.25) is 0 Å². The summed E-state index contributed by atoms with van der Waals surface area (Å²) in [5, 5.41) is 28.8. The van der Waals surface area contributed by atoms with Crippen LogP contribution in [-0.4, -0.2) is 70.5 Å². The lowest BCUT2D eigenvalue weighted by Gasteiger charge is -2.36. The molecule has 0 saturated carbocycles. The number of aliphatic hydroxyl groups is 1. The lowest BCUT2D eigenvalue weighted by atomic mass is 9.82. The Labute approximate surface area is 232 Å². The molecule has 0 radical (unpaired) electrons. The summed E-state index contributed by atoms with van der Waals surface area (Å²) in [6, 6.07) is 8.13. The molecule has 208 valence electrons. The Balaban J connectivity index is 1.44. The molecule has 4 atom stereocenters. The third kappa shape index (κ3) is 6.13. The first-order valence-corrected chi connectivity index (χ1v) is 14.0. The van der Waals surface area contributed by atoms with Crippen LogP contribution in [0.4, 0.5) is 0 Å². The van der Waals surface area contributed by atoms with E-state index < -0.39 is 40.8 Å². The van der Waals surface area contributed by atoms with E-state index in [1.54, 1.807) is 11.3 Å². The van der Waals surface area contributed by atoms with Gasteiger partial charge in [-0.1, -0.05) is 45.0 Å². The summed E-state index contributed by atoms with van der Waals surface area (Å²) >= 11 is 1.57. The minimum Gasteiger partial charge on any atom is -0.391 e. The molecule has 1 unspecified atom stereocenters. The van der Waals surface area contributed by atoms with E-state index in [1.807, 2.05) is 57.5 Å². The van der Waals surface area contributed by atoms with Gasteiger partial charge in [-0.3, -0.25) is 14.4 Å². The number of aliphatic hydroxyl groups excluding tert-OH is 1. The number of carbonyl (C=O) groups is 3. The van der Waals surface area contributed by atoms with Crippen molar-refractivity contribution < 1.29 is 19.5 Å². The van der Waals surface area contributed by atoms with Crippen LogP contribution in [0.3, 0.4) is 0 Å². The number of hydrogen-bond acceptors (Lipinski definition) is 8. The van der Waals surface area contributed by atoms with Crippen molar-refractivity contribution >= 4 is 29.1 Å². The first kappa shape index (κ1) is 28.7. The molecule has 3 heterocycles. The van der Waals surface area contributed by atoms with E-state index in [1.165, 1.54) is 4.90 Å². The second-order valence-electron chi connectivity index (χ2n) is 11.5. The number of benzene rings is 1. The number of hydrogen-bond donors (Lipinski definition) is 4. The fraction of sp³-hybridized carbons (Fsp3) is 0.536. The number of carbonyl (C=O) groups excluding carboxylic acids is 3. The van der Waals surface area contributed by atoms with Gasteiger partial charge in [-0.15, -0.1) is 11.3 Å². The molecule has 1 aromatic carbocycles. The summed E-state index contributed by atoms with van der Waals surface area (Å²) < 4.78 is 0. The van der Waals surface area contributed by atoms with Crippen LogP contribution in [0.25, 0.3) is 10.4 Å². The molecule has 0 bridgehead atoms. The zero-order valence-corrected chi connectivity index (χ0v) is 23.6. The Morgan fingerprint density at radius 2 is 2.03 bits per heavy atom. The Kier molecular flexibility index (Phi) is 8.39. The summed E-state index contributed by atoms with van der Waals surface area (Å²) in [6.45, 7) is 8.45. The Hall–Kier alpha value is -3.33. The number of aryl methyl sites for hydroxylation is 1. The second kappa shape index (κ2) is 11.4. The topological polar surface area (TPSA) is 147 Å². The number of rotatable bonds is 7. The van der Waals surface area contributed by atoms with E-state index >= 15 is 0 Å². The molecule has 3 amide bonds. The number of aromatic nitrogens is 1. The highest BCUT2D eigenvalue weighted by atomic mass is 32.1. The minimum absolute atomic E-state index is 0.00673. The molecule has 2 aliphatic rings. The predicted molar refractivity (Wildman–Crippen MR) is 147 cm³/mol. The van der Waals surface area contributed by atoms with Crippen LogP contribution in [0.1, 0.15) is 44.9 Å². The van der Waals surface area contributed by atoms with Crippen LogP contribution in [-0.2, 0) is 20.9 Å². The molecule has 2 fully saturated rings. The molecule has 0 aliphatic carbocycles. The number of β-amino-alcohol motifs (C(OH)–C–C–N with tert-alkyl or cyclic N) is 1. The van der Waals surface area contributed by atoms with Crippen molar-refractivity contribution in [2.75, 3.05) is 19.6 Å². The Morgan fingerprint density at radius 1 is 1.31 bits per heavy atom. The van der Waals surface area contributed by atoms with Gasteiger partial charge < -0.3 is 26.0 Å². The molecular formula is C28H36N6O4S. The van der Waals surface area contributed by atoms with E-state index in [4.69, 9.17) is 0 Å². The fourth-order valence-corrected chi connectivity index (χ4v) is 5.89. The summed E-state index contributed by atoms with van der Waals surface area (Å²) in [4.78, 5) is 46.9. The summed E-state index contributed by atoms with van der Waals surface area (Å²) in [7, 11) is 0. The molecule has 2 aromatic rings. The fourth-order valence-electron chi connectivity index (χ4n) is 5.08. The van der Waals surface area contributed by atoms with Gasteiger partial charge in [-0.05, 0) is 36.4 Å². The van der Waals surface area contributed by atoms with Gasteiger partial charge in [0.25, 0.3) is 0 Å². The second-order valence-corrected chi connectivity index (χ2v) is 12.3. The number of amides is 3. The zero-order chi connectivity index (χ0) is 28.4. The third-order valence-corrected chi connectivity index (χ3v) is 8.46. The maximum atomic E-state index is 13.8. The molecule has 2 aliphatic heterocycles. The standard InChI is InChI=1S/C28H36N6O4S/c1-17-22(39-16-32-17)19-7-5-18(6-8-19)12-31-24(36)21-11-20(35)13-34(21)25(37)23(27(2,3)4)33-26(38)28(14-29)9-10-30-15-28/h5-8,16,20-21,23,30,35H,9-13,15H2,1-4H3,(H,31,36)(H,33,38)/t20-,21+,23+,28?/m1/s1. The molecule has 4 rings (SSSR count). The van der Waals surface area contributed by atoms with Crippen molar-refractivity contribution in [2.45, 2.75) is 65.3 Å². The Morgan fingerprint density at radius 3 is 2.59 bits per heavy atom. The van der Waals surface area contributed by atoms with Gasteiger partial charge in [-0.2, -0.15) is 5.26 Å². The molecule has 39 heavy (non-hydrogen) atoms. The average molecular weight is 553 g/mol. The summed E-state index contributed by atoms with van der Waals surface area (Å²) in [6.07, 6.45) is -0.385. The van der Waals surface area contributed by atoms with E-state index in [2.05, 4.69) is 27.0 Å². The van der Waals surface area contributed by atoms with Gasteiger partial charge in [0.15, 0.2) is 0 Å². The monoisotopic (exact) mass is 552 g/mol. The first-order valence-electron chi connectivity index (χ1n) is 13.1. The number of thiazole rings is 1. The maximum Gasteiger partial charge on any atom is 0.246 e. The Bertz CT molecular complexity index is 1260. The maximum absolute atomic E-state index is 13.8. The highest BCUT2D eigenvalue weighted by molar-refractivity contribution is 7.13. The molecule has 4 N–H and O–H groups in total. The van der Waals surface area contributed by atoms with E-state index in [0.29, 0.717) is 13.0 Å². The van der Waals surface area contributed by atoms with Gasteiger partial charge >= 0.3 is 0 Å². The van der Waals surface area contributed by atoms with E-state index in [0.717, 1.165) is 21.7 Å². The predicted octanol–water partition coefficient (Wildman–Crippen LogP) is 1.73. The van der Waals surface area contributed by atoms with Crippen molar-refractivity contribution in [3.05, 3.63) is 41.0 Å². The van der Waals surface area contributed by atoms with E-state index in [9.17, 15) is 24.8 Å². The van der Waals surface area contributed by atoms with Gasteiger partial charge in [0, 0.05) is 26.1 Å². The van der Waals surface area contributed by atoms with Crippen molar-refractivity contribution in [2.24, 2.45) is 10.8 Å². The largest absolute Gasteiger partial charge is 0.391 e. The van der Waals surface area contributed by atoms with Gasteiger partial charge in [0.1, 0.15) is 17.5 Å². The van der Waals surface area contributed by atoms with Gasteiger partial charge in [0.2, 0.25) is 17.7 Å². The smallest absolute Gasteiger partial charge is 0.246 e. The zero-order valence-electron chi connectivity index (χ0n) is 22.8. The van der Waals surface area contributed by atoms with Crippen molar-refractivity contribution in [1.29, 1.82) is 5.26 Å². The lowest BCUT2D eigenvalue weighted by molar-refractivity contribution is -0.145. The third-order valence-electron chi connectivity index (χ3n) is 7.49. The normalized spacial score (nSPS) is 23.7. The lowest BCUT2D eigenvalue weighted by Crippen LogP contribution is -2.59. The van der Waals surface area contributed by atoms with Crippen molar-refractivity contribution in [3.8, 4) is 16.5 Å². The van der Waals surface area contributed by atoms with Crippen LogP contribution < -0.4 is 16.0 Å². The number of likely N-dealkylation sites (tertiary alicyclic amines) is 1. The molecule has 1 aromatic heterocycles. The minimum atomic E-state index is -1.24. The van der Waals surface area contributed by atoms with Crippen molar-refractivity contribution in [3.63, 3.8) is 0 Å². The molecule has 0 spiro atoms. The summed E-state index contributed by atoms with van der Waals surface area (Å²) in [5.41, 5.74) is 2.81. The quantitative estimate of drug-likeness (QED) is 0.409. The number of nitrogens with zero attached hydrogens (tertiary/aromatic N) is 3. The molecule has 2 saturated heterocycles. The average Bonchev–Trinajstić information content (AvgIpc) is 3.65. The SMILES string of the molecule is Cc1ncsc1-c1ccc(CNC(=O)[C@@H]2C[C@@H](O)CN2C(=O)[C@H](NC(=O)C2(C#N)CCNC2)C(C)(C)C)cc1. The number of nitrogens with one attached hydrogen (secondary N) is 3. The molecular weight excluding hydrogens is 516 g/mol. The van der Waals surface area contributed by atoms with E-state index in [-0.39, 0.29) is 32.0 Å². The highest BCUT2D eigenvalue weighted by Crippen LogP contribution is 2.30. The first-order chi connectivity index (χ1) is 18.4. The van der Waals surface area contributed by atoms with Crippen LogP contribution >= 0.6 is 11.3 Å². The van der Waals surface area contributed by atoms with Gasteiger partial charge in [0.05, 0.1) is 28.3 Å². The highest BCUT2D eigenvalue weighted by Gasteiger charge is 2.48.